The molecular formula is C7H15NO2. The van der Waals surface area contributed by atoms with Gasteiger partial charge < -0.3 is 10.5 Å². The molecule has 0 amide bonds. The second-order valence-electron chi connectivity index (χ2n) is 2.33. The Kier molecular flexibility index (Phi) is 4.94. The molecule has 0 heterocycles. The van der Waals surface area contributed by atoms with Crippen LogP contribution in [-0.2, 0) is 9.53 Å². The van der Waals surface area contributed by atoms with Crippen LogP contribution in [0.2, 0.25) is 0 Å². The largest absolute Gasteiger partial charge is 0.469 e. The molecule has 0 aliphatic heterocycles. The monoisotopic (exact) mass is 145 g/mol. The summed E-state index contributed by atoms with van der Waals surface area (Å²) in [6, 6.07) is -0.0301. The summed E-state index contributed by atoms with van der Waals surface area (Å²) in [5, 5.41) is 0. The predicted molar refractivity (Wildman–Crippen MR) is 39.5 cm³/mol. The van der Waals surface area contributed by atoms with Gasteiger partial charge in [0, 0.05) is 6.04 Å². The van der Waals surface area contributed by atoms with Crippen molar-refractivity contribution in [3.05, 3.63) is 0 Å². The van der Waals surface area contributed by atoms with E-state index >= 15 is 0 Å². The van der Waals surface area contributed by atoms with Gasteiger partial charge in [0.15, 0.2) is 0 Å². The van der Waals surface area contributed by atoms with E-state index in [1.54, 1.807) is 0 Å². The fraction of sp³-hybridized carbons (Fsp3) is 0.857. The van der Waals surface area contributed by atoms with Gasteiger partial charge in [-0.25, -0.2) is 0 Å². The zero-order chi connectivity index (χ0) is 7.98. The Morgan fingerprint density at radius 2 is 2.30 bits per heavy atom. The quantitative estimate of drug-likeness (QED) is 0.592. The molecule has 3 heteroatoms. The highest BCUT2D eigenvalue weighted by atomic mass is 16.5. The standard InChI is InChI=1S/C7H15NO2/c1-3-4-6(8)5-7(9)10-2/h6H,3-5,8H2,1-2H3/t6-/m1/s1. The number of rotatable bonds is 4. The van der Waals surface area contributed by atoms with Gasteiger partial charge in [0.2, 0.25) is 0 Å². The molecular weight excluding hydrogens is 130 g/mol. The molecule has 10 heavy (non-hydrogen) atoms. The maximum Gasteiger partial charge on any atom is 0.307 e. The maximum atomic E-state index is 10.6. The van der Waals surface area contributed by atoms with Crippen molar-refractivity contribution in [2.75, 3.05) is 7.11 Å². The van der Waals surface area contributed by atoms with Gasteiger partial charge in [-0.2, -0.15) is 0 Å². The average Bonchev–Trinajstić information content (AvgIpc) is 1.88. The molecule has 0 aliphatic rings. The van der Waals surface area contributed by atoms with E-state index in [2.05, 4.69) is 4.74 Å². The van der Waals surface area contributed by atoms with Gasteiger partial charge in [0.1, 0.15) is 0 Å². The molecule has 0 aromatic rings. The number of hydrogen-bond donors (Lipinski definition) is 1. The van der Waals surface area contributed by atoms with E-state index in [1.807, 2.05) is 6.92 Å². The van der Waals surface area contributed by atoms with Crippen LogP contribution in [0.3, 0.4) is 0 Å². The van der Waals surface area contributed by atoms with E-state index in [-0.39, 0.29) is 12.0 Å². The van der Waals surface area contributed by atoms with E-state index in [0.29, 0.717) is 6.42 Å². The fourth-order valence-corrected chi connectivity index (χ4v) is 0.770. The second kappa shape index (κ2) is 5.23. The number of methoxy groups -OCH3 is 1. The molecule has 1 atom stereocenters. The smallest absolute Gasteiger partial charge is 0.307 e. The minimum Gasteiger partial charge on any atom is -0.469 e. The molecule has 0 saturated heterocycles. The first-order valence-electron chi connectivity index (χ1n) is 3.53. The minimum atomic E-state index is -0.221. The molecule has 0 saturated carbocycles. The van der Waals surface area contributed by atoms with Crippen molar-refractivity contribution in [2.45, 2.75) is 32.2 Å². The van der Waals surface area contributed by atoms with Gasteiger partial charge in [-0.05, 0) is 6.42 Å². The SMILES string of the molecule is CCC[C@@H](N)CC(=O)OC. The summed E-state index contributed by atoms with van der Waals surface area (Å²) in [7, 11) is 1.38. The molecule has 0 aliphatic carbocycles. The molecule has 0 spiro atoms. The van der Waals surface area contributed by atoms with Crippen LogP contribution in [0.1, 0.15) is 26.2 Å². The molecule has 0 rings (SSSR count). The van der Waals surface area contributed by atoms with Gasteiger partial charge in [-0.1, -0.05) is 13.3 Å². The molecule has 0 aromatic carbocycles. The van der Waals surface area contributed by atoms with Crippen LogP contribution in [0.4, 0.5) is 0 Å². The average molecular weight is 145 g/mol. The summed E-state index contributed by atoms with van der Waals surface area (Å²) < 4.78 is 4.45. The van der Waals surface area contributed by atoms with Crippen LogP contribution in [0, 0.1) is 0 Å². The third-order valence-electron chi connectivity index (χ3n) is 1.32. The van der Waals surface area contributed by atoms with E-state index in [0.717, 1.165) is 12.8 Å². The summed E-state index contributed by atoms with van der Waals surface area (Å²) in [6.45, 7) is 2.04. The normalized spacial score (nSPS) is 12.7. The van der Waals surface area contributed by atoms with E-state index < -0.39 is 0 Å². The zero-order valence-corrected chi connectivity index (χ0v) is 6.59. The number of esters is 1. The van der Waals surface area contributed by atoms with Crippen LogP contribution in [0.5, 0.6) is 0 Å². The first kappa shape index (κ1) is 9.43. The molecule has 0 bridgehead atoms. The van der Waals surface area contributed by atoms with Gasteiger partial charge >= 0.3 is 5.97 Å². The molecule has 0 radical (unpaired) electrons. The fourth-order valence-electron chi connectivity index (χ4n) is 0.770. The van der Waals surface area contributed by atoms with E-state index in [4.69, 9.17) is 5.73 Å². The lowest BCUT2D eigenvalue weighted by atomic mass is 10.1. The molecule has 0 fully saturated rings. The Balaban J connectivity index is 3.37. The summed E-state index contributed by atoms with van der Waals surface area (Å²) in [6.07, 6.45) is 2.23. The van der Waals surface area contributed by atoms with Gasteiger partial charge in [-0.15, -0.1) is 0 Å². The number of ether oxygens (including phenoxy) is 1. The first-order valence-corrected chi connectivity index (χ1v) is 3.53. The van der Waals surface area contributed by atoms with Crippen molar-refractivity contribution in [2.24, 2.45) is 5.73 Å². The maximum absolute atomic E-state index is 10.6. The molecule has 0 aromatic heterocycles. The van der Waals surface area contributed by atoms with Gasteiger partial charge in [-0.3, -0.25) is 4.79 Å². The number of nitrogens with two attached hydrogens (primary N) is 1. The summed E-state index contributed by atoms with van der Waals surface area (Å²) in [5.41, 5.74) is 5.56. The molecule has 0 unspecified atom stereocenters. The van der Waals surface area contributed by atoms with Crippen LogP contribution < -0.4 is 5.73 Å². The van der Waals surface area contributed by atoms with Crippen LogP contribution >= 0.6 is 0 Å². The first-order chi connectivity index (χ1) is 4.70. The van der Waals surface area contributed by atoms with Gasteiger partial charge in [0.25, 0.3) is 0 Å². The topological polar surface area (TPSA) is 52.3 Å². The van der Waals surface area contributed by atoms with Crippen LogP contribution in [0.25, 0.3) is 0 Å². The highest BCUT2D eigenvalue weighted by molar-refractivity contribution is 5.69. The summed E-state index contributed by atoms with van der Waals surface area (Å²) in [5.74, 6) is -0.221. The Morgan fingerprint density at radius 1 is 1.70 bits per heavy atom. The van der Waals surface area contributed by atoms with Gasteiger partial charge in [0.05, 0.1) is 13.5 Å². The Labute approximate surface area is 61.5 Å². The van der Waals surface area contributed by atoms with E-state index in [9.17, 15) is 4.79 Å². The highest BCUT2D eigenvalue weighted by Gasteiger charge is 2.07. The van der Waals surface area contributed by atoms with Crippen LogP contribution in [0.15, 0.2) is 0 Å². The van der Waals surface area contributed by atoms with Crippen molar-refractivity contribution >= 4 is 5.97 Å². The third-order valence-corrected chi connectivity index (χ3v) is 1.32. The minimum absolute atomic E-state index is 0.0301. The van der Waals surface area contributed by atoms with E-state index in [1.165, 1.54) is 7.11 Å². The lowest BCUT2D eigenvalue weighted by molar-refractivity contribution is -0.141. The third kappa shape index (κ3) is 4.32. The Hall–Kier alpha value is -0.570. The number of carbonyl (C=O) groups excluding carboxylic acids is 1. The van der Waals surface area contributed by atoms with Crippen molar-refractivity contribution < 1.29 is 9.53 Å². The second-order valence-corrected chi connectivity index (χ2v) is 2.33. The Bertz CT molecular complexity index is 104. The summed E-state index contributed by atoms with van der Waals surface area (Å²) >= 11 is 0. The zero-order valence-electron chi connectivity index (χ0n) is 6.59. The van der Waals surface area contributed by atoms with Crippen molar-refractivity contribution in [1.29, 1.82) is 0 Å². The molecule has 2 N–H and O–H groups in total. The number of hydrogen-bond acceptors (Lipinski definition) is 3. The highest BCUT2D eigenvalue weighted by Crippen LogP contribution is 1.98. The van der Waals surface area contributed by atoms with Crippen LogP contribution in [-0.4, -0.2) is 19.1 Å². The molecule has 3 nitrogen and oxygen atoms in total. The molecule has 60 valence electrons. The number of carbonyl (C=O) groups is 1. The lowest BCUT2D eigenvalue weighted by Crippen LogP contribution is -2.23. The summed E-state index contributed by atoms with van der Waals surface area (Å²) in [4.78, 5) is 10.6. The van der Waals surface area contributed by atoms with Crippen molar-refractivity contribution in [3.8, 4) is 0 Å². The van der Waals surface area contributed by atoms with Crippen molar-refractivity contribution in [3.63, 3.8) is 0 Å². The van der Waals surface area contributed by atoms with Crippen molar-refractivity contribution in [1.82, 2.24) is 0 Å². The predicted octanol–water partition coefficient (Wildman–Crippen LogP) is 0.677. The lowest BCUT2D eigenvalue weighted by Gasteiger charge is -2.06. The Morgan fingerprint density at radius 3 is 2.70 bits per heavy atom.